The predicted molar refractivity (Wildman–Crippen MR) is 105 cm³/mol. The van der Waals surface area contributed by atoms with E-state index < -0.39 is 0 Å². The molecule has 1 aliphatic rings. The standard InChI is InChI=1S/C22H26N2O/c1-6-23-15-18(16(2)3)13-12-17(4)24-21(25)20-14-22(20,5)19-10-8-7-9-11-19/h6-13,15,20H,1-2,14H2,3-5H3,(H,24,25)/b17-12+,18-13-,23-15-/t20-,22-/m0/s1. The maximum Gasteiger partial charge on any atom is 0.228 e. The smallest absolute Gasteiger partial charge is 0.228 e. The first kappa shape index (κ1) is 18.7. The SMILES string of the molecule is C=C\N=C/C(=C/C=C(\C)NC(=O)[C@@H]1C[C@@]1(C)c1ccccc1)C(=C)C. The fourth-order valence-corrected chi connectivity index (χ4v) is 2.85. The largest absolute Gasteiger partial charge is 0.330 e. The van der Waals surface area contributed by atoms with Crippen molar-refractivity contribution in [2.75, 3.05) is 0 Å². The number of aliphatic imine (C=N–C) groups is 1. The highest BCUT2D eigenvalue weighted by Crippen LogP contribution is 2.54. The molecule has 1 amide bonds. The minimum absolute atomic E-state index is 0.0187. The molecule has 2 rings (SSSR count). The molecule has 2 atom stereocenters. The molecule has 0 heterocycles. The summed E-state index contributed by atoms with van der Waals surface area (Å²) in [6, 6.07) is 10.2. The normalized spacial score (nSPS) is 23.4. The van der Waals surface area contributed by atoms with Gasteiger partial charge in [-0.3, -0.25) is 9.79 Å². The lowest BCUT2D eigenvalue weighted by molar-refractivity contribution is -0.122. The number of carbonyl (C=O) groups excluding carboxylic acids is 1. The van der Waals surface area contributed by atoms with E-state index in [0.717, 1.165) is 23.3 Å². The summed E-state index contributed by atoms with van der Waals surface area (Å²) < 4.78 is 0. The second-order valence-corrected chi connectivity index (χ2v) is 6.74. The van der Waals surface area contributed by atoms with E-state index in [9.17, 15) is 4.79 Å². The quantitative estimate of drug-likeness (QED) is 0.570. The van der Waals surface area contributed by atoms with Gasteiger partial charge in [-0.1, -0.05) is 56.5 Å². The van der Waals surface area contributed by atoms with Crippen molar-refractivity contribution in [3.8, 4) is 0 Å². The van der Waals surface area contributed by atoms with Crippen LogP contribution < -0.4 is 5.32 Å². The van der Waals surface area contributed by atoms with E-state index >= 15 is 0 Å². The van der Waals surface area contributed by atoms with Crippen molar-refractivity contribution in [2.45, 2.75) is 32.6 Å². The first-order chi connectivity index (χ1) is 11.9. The molecule has 1 N–H and O–H groups in total. The Morgan fingerprint density at radius 3 is 2.56 bits per heavy atom. The fourth-order valence-electron chi connectivity index (χ4n) is 2.85. The van der Waals surface area contributed by atoms with E-state index in [4.69, 9.17) is 0 Å². The molecule has 0 saturated heterocycles. The maximum absolute atomic E-state index is 12.5. The summed E-state index contributed by atoms with van der Waals surface area (Å²) in [5, 5.41) is 3.00. The van der Waals surface area contributed by atoms with Crippen LogP contribution in [0.25, 0.3) is 0 Å². The Labute approximate surface area is 150 Å². The molecule has 0 bridgehead atoms. The van der Waals surface area contributed by atoms with Gasteiger partial charge >= 0.3 is 0 Å². The lowest BCUT2D eigenvalue weighted by Gasteiger charge is -2.12. The first-order valence-corrected chi connectivity index (χ1v) is 8.43. The Morgan fingerprint density at radius 1 is 1.28 bits per heavy atom. The van der Waals surface area contributed by atoms with Crippen molar-refractivity contribution in [3.63, 3.8) is 0 Å². The number of benzene rings is 1. The lowest BCUT2D eigenvalue weighted by atomic mass is 9.95. The van der Waals surface area contributed by atoms with E-state index in [1.807, 2.05) is 44.2 Å². The average molecular weight is 334 g/mol. The number of hydrogen-bond donors (Lipinski definition) is 1. The van der Waals surface area contributed by atoms with Crippen LogP contribution in [0.5, 0.6) is 0 Å². The average Bonchev–Trinajstić information content (AvgIpc) is 3.29. The zero-order valence-electron chi connectivity index (χ0n) is 15.3. The van der Waals surface area contributed by atoms with Crippen LogP contribution in [0, 0.1) is 5.92 Å². The Bertz CT molecular complexity index is 755. The minimum Gasteiger partial charge on any atom is -0.330 e. The van der Waals surface area contributed by atoms with Gasteiger partial charge in [0.15, 0.2) is 0 Å². The summed E-state index contributed by atoms with van der Waals surface area (Å²) in [5.74, 6) is 0.0929. The van der Waals surface area contributed by atoms with Crippen LogP contribution in [0.3, 0.4) is 0 Å². The molecule has 1 fully saturated rings. The van der Waals surface area contributed by atoms with Crippen LogP contribution in [-0.4, -0.2) is 12.1 Å². The van der Waals surface area contributed by atoms with Crippen LogP contribution >= 0.6 is 0 Å². The number of carbonyl (C=O) groups is 1. The maximum atomic E-state index is 12.5. The van der Waals surface area contributed by atoms with Crippen LogP contribution in [0.1, 0.15) is 32.8 Å². The third-order valence-electron chi connectivity index (χ3n) is 4.63. The summed E-state index contributed by atoms with van der Waals surface area (Å²) in [5.41, 5.74) is 3.77. The Kier molecular flexibility index (Phi) is 5.92. The second-order valence-electron chi connectivity index (χ2n) is 6.74. The van der Waals surface area contributed by atoms with Gasteiger partial charge in [-0.2, -0.15) is 0 Å². The van der Waals surface area contributed by atoms with E-state index in [1.54, 1.807) is 6.21 Å². The summed E-state index contributed by atoms with van der Waals surface area (Å²) in [4.78, 5) is 16.5. The Balaban J connectivity index is 2.02. The van der Waals surface area contributed by atoms with E-state index in [0.29, 0.717) is 0 Å². The van der Waals surface area contributed by atoms with Crippen LogP contribution in [-0.2, 0) is 10.2 Å². The molecule has 1 saturated carbocycles. The van der Waals surface area contributed by atoms with E-state index in [-0.39, 0.29) is 17.2 Å². The zero-order valence-corrected chi connectivity index (χ0v) is 15.3. The molecule has 130 valence electrons. The number of nitrogens with one attached hydrogen (secondary N) is 1. The topological polar surface area (TPSA) is 41.5 Å². The highest BCUT2D eigenvalue weighted by Gasteiger charge is 2.55. The van der Waals surface area contributed by atoms with Crippen molar-refractivity contribution < 1.29 is 4.79 Å². The van der Waals surface area contributed by atoms with Crippen molar-refractivity contribution >= 4 is 12.1 Å². The molecular weight excluding hydrogens is 308 g/mol. The molecule has 1 aromatic rings. The van der Waals surface area contributed by atoms with Gasteiger partial charge < -0.3 is 5.32 Å². The van der Waals surface area contributed by atoms with Gasteiger partial charge in [0.2, 0.25) is 5.91 Å². The highest BCUT2D eigenvalue weighted by molar-refractivity contribution is 5.86. The van der Waals surface area contributed by atoms with Crippen molar-refractivity contribution in [2.24, 2.45) is 10.9 Å². The number of rotatable bonds is 7. The van der Waals surface area contributed by atoms with Gasteiger partial charge in [-0.25, -0.2) is 0 Å². The molecule has 1 aromatic carbocycles. The third kappa shape index (κ3) is 4.66. The summed E-state index contributed by atoms with van der Waals surface area (Å²) in [6.45, 7) is 13.4. The summed E-state index contributed by atoms with van der Waals surface area (Å²) in [7, 11) is 0. The number of amides is 1. The van der Waals surface area contributed by atoms with E-state index in [1.165, 1.54) is 11.8 Å². The molecule has 0 unspecified atom stereocenters. The van der Waals surface area contributed by atoms with Gasteiger partial charge in [0.05, 0.1) is 0 Å². The summed E-state index contributed by atoms with van der Waals surface area (Å²) in [6.07, 6.45) is 7.84. The Morgan fingerprint density at radius 2 is 1.96 bits per heavy atom. The molecule has 3 nitrogen and oxygen atoms in total. The molecule has 0 radical (unpaired) electrons. The van der Waals surface area contributed by atoms with Crippen LogP contribution in [0.15, 0.2) is 83.7 Å². The van der Waals surface area contributed by atoms with Crippen LogP contribution in [0.2, 0.25) is 0 Å². The molecule has 1 aliphatic carbocycles. The van der Waals surface area contributed by atoms with Gasteiger partial charge in [0, 0.05) is 29.4 Å². The first-order valence-electron chi connectivity index (χ1n) is 8.43. The fraction of sp³-hybridized carbons (Fsp3) is 0.273. The molecule has 0 aliphatic heterocycles. The number of hydrogen-bond acceptors (Lipinski definition) is 2. The Hall–Kier alpha value is -2.68. The molecular formula is C22H26N2O. The van der Waals surface area contributed by atoms with Gasteiger partial charge in [0.25, 0.3) is 0 Å². The predicted octanol–water partition coefficient (Wildman–Crippen LogP) is 4.70. The van der Waals surface area contributed by atoms with Crippen LogP contribution in [0.4, 0.5) is 0 Å². The van der Waals surface area contributed by atoms with E-state index in [2.05, 4.69) is 42.5 Å². The van der Waals surface area contributed by atoms with Gasteiger partial charge in [0.1, 0.15) is 0 Å². The molecule has 0 spiro atoms. The minimum atomic E-state index is -0.0546. The number of nitrogens with zero attached hydrogens (tertiary/aromatic N) is 1. The highest BCUT2D eigenvalue weighted by atomic mass is 16.2. The zero-order chi connectivity index (χ0) is 18.4. The van der Waals surface area contributed by atoms with Gasteiger partial charge in [-0.05, 0) is 43.1 Å². The number of allylic oxidation sites excluding steroid dienone is 5. The summed E-state index contributed by atoms with van der Waals surface area (Å²) >= 11 is 0. The second kappa shape index (κ2) is 7.93. The molecule has 3 heteroatoms. The molecule has 0 aromatic heterocycles. The van der Waals surface area contributed by atoms with Crippen molar-refractivity contribution in [1.82, 2.24) is 5.32 Å². The van der Waals surface area contributed by atoms with Crippen molar-refractivity contribution in [1.29, 1.82) is 0 Å². The monoisotopic (exact) mass is 334 g/mol. The molecule has 25 heavy (non-hydrogen) atoms. The lowest BCUT2D eigenvalue weighted by Crippen LogP contribution is -2.26. The van der Waals surface area contributed by atoms with Crippen molar-refractivity contribution in [3.05, 3.63) is 84.2 Å². The van der Waals surface area contributed by atoms with Gasteiger partial charge in [-0.15, -0.1) is 0 Å². The third-order valence-corrected chi connectivity index (χ3v) is 4.63.